The molecule has 0 bridgehead atoms. The monoisotopic (exact) mass is 241 g/mol. The fraction of sp³-hybridized carbons (Fsp3) is 1.00. The van der Waals surface area contributed by atoms with Crippen LogP contribution >= 0.6 is 0 Å². The van der Waals surface area contributed by atoms with Crippen molar-refractivity contribution in [2.24, 2.45) is 0 Å². The average molecular weight is 241 g/mol. The third-order valence-corrected chi connectivity index (χ3v) is 3.88. The first-order valence-corrected chi connectivity index (χ1v) is 7.38. The highest BCUT2D eigenvalue weighted by molar-refractivity contribution is 4.70. The highest BCUT2D eigenvalue weighted by Crippen LogP contribution is 2.20. The van der Waals surface area contributed by atoms with Crippen LogP contribution in [0, 0.1) is 0 Å². The van der Waals surface area contributed by atoms with E-state index in [9.17, 15) is 0 Å². The molecule has 2 aliphatic rings. The number of nitrogens with one attached hydrogen (secondary N) is 1. The molecule has 0 radical (unpaired) electrons. The molecule has 1 aliphatic heterocycles. The molecule has 2 rings (SSSR count). The van der Waals surface area contributed by atoms with Crippen LogP contribution in [-0.4, -0.2) is 38.5 Å². The standard InChI is InChI=1S/C14H27NO2/c1-2-5-14(6-3-1)17-10-4-9-15-13-7-11-16-12-8-13/h13-15H,1-12H2. The van der Waals surface area contributed by atoms with Crippen LogP contribution in [0.25, 0.3) is 0 Å². The molecule has 1 saturated carbocycles. The normalized spacial score (nSPS) is 24.0. The van der Waals surface area contributed by atoms with Crippen LogP contribution < -0.4 is 5.32 Å². The summed E-state index contributed by atoms with van der Waals surface area (Å²) in [5.41, 5.74) is 0. The molecule has 0 aromatic carbocycles. The van der Waals surface area contributed by atoms with Gasteiger partial charge in [0.2, 0.25) is 0 Å². The second kappa shape index (κ2) is 8.06. The van der Waals surface area contributed by atoms with E-state index < -0.39 is 0 Å². The Bertz CT molecular complexity index is 167. The minimum Gasteiger partial charge on any atom is -0.381 e. The third-order valence-electron chi connectivity index (χ3n) is 3.88. The van der Waals surface area contributed by atoms with Crippen molar-refractivity contribution in [1.29, 1.82) is 0 Å². The lowest BCUT2D eigenvalue weighted by Crippen LogP contribution is -2.35. The van der Waals surface area contributed by atoms with Gasteiger partial charge in [-0.1, -0.05) is 19.3 Å². The number of ether oxygens (including phenoxy) is 2. The van der Waals surface area contributed by atoms with Gasteiger partial charge in [0.1, 0.15) is 0 Å². The molecule has 0 atom stereocenters. The summed E-state index contributed by atoms with van der Waals surface area (Å²) in [4.78, 5) is 0. The smallest absolute Gasteiger partial charge is 0.0575 e. The Morgan fingerprint density at radius 1 is 1.00 bits per heavy atom. The SMILES string of the molecule is C1CCC(OCCCNC2CCOCC2)CC1. The van der Waals surface area contributed by atoms with Crippen LogP contribution in [0.2, 0.25) is 0 Å². The first-order chi connectivity index (χ1) is 8.45. The van der Waals surface area contributed by atoms with Crippen LogP contribution in [0.1, 0.15) is 51.4 Å². The van der Waals surface area contributed by atoms with Gasteiger partial charge in [-0.3, -0.25) is 0 Å². The number of rotatable bonds is 6. The van der Waals surface area contributed by atoms with Crippen LogP contribution in [-0.2, 0) is 9.47 Å². The Kier molecular flexibility index (Phi) is 6.32. The van der Waals surface area contributed by atoms with E-state index >= 15 is 0 Å². The maximum Gasteiger partial charge on any atom is 0.0575 e. The predicted octanol–water partition coefficient (Wildman–Crippen LogP) is 2.49. The molecule has 0 amide bonds. The Balaban J connectivity index is 1.42. The van der Waals surface area contributed by atoms with E-state index in [0.29, 0.717) is 12.1 Å². The molecule has 0 aromatic rings. The van der Waals surface area contributed by atoms with Crippen molar-refractivity contribution in [2.45, 2.75) is 63.5 Å². The van der Waals surface area contributed by atoms with Gasteiger partial charge in [-0.05, 0) is 38.6 Å². The lowest BCUT2D eigenvalue weighted by molar-refractivity contribution is 0.0262. The molecule has 3 nitrogen and oxygen atoms in total. The molecule has 1 N–H and O–H groups in total. The first-order valence-electron chi connectivity index (χ1n) is 7.38. The van der Waals surface area contributed by atoms with E-state index in [0.717, 1.165) is 32.8 Å². The summed E-state index contributed by atoms with van der Waals surface area (Å²) in [6.45, 7) is 3.88. The molecule has 100 valence electrons. The summed E-state index contributed by atoms with van der Waals surface area (Å²) in [7, 11) is 0. The van der Waals surface area contributed by atoms with E-state index in [1.54, 1.807) is 0 Å². The molecule has 1 saturated heterocycles. The topological polar surface area (TPSA) is 30.5 Å². The van der Waals surface area contributed by atoms with Gasteiger partial charge in [0.15, 0.2) is 0 Å². The Labute approximate surface area is 105 Å². The first kappa shape index (κ1) is 13.3. The van der Waals surface area contributed by atoms with Gasteiger partial charge in [0.05, 0.1) is 6.10 Å². The molecular formula is C14H27NO2. The van der Waals surface area contributed by atoms with E-state index in [-0.39, 0.29) is 0 Å². The van der Waals surface area contributed by atoms with E-state index in [2.05, 4.69) is 5.32 Å². The summed E-state index contributed by atoms with van der Waals surface area (Å²) < 4.78 is 11.2. The maximum atomic E-state index is 5.91. The van der Waals surface area contributed by atoms with Gasteiger partial charge in [-0.2, -0.15) is 0 Å². The molecule has 1 aliphatic carbocycles. The minimum absolute atomic E-state index is 0.562. The zero-order valence-electron chi connectivity index (χ0n) is 11.0. The highest BCUT2D eigenvalue weighted by atomic mass is 16.5. The van der Waals surface area contributed by atoms with Crippen molar-refractivity contribution in [2.75, 3.05) is 26.4 Å². The van der Waals surface area contributed by atoms with E-state index in [4.69, 9.17) is 9.47 Å². The van der Waals surface area contributed by atoms with Crippen molar-refractivity contribution in [1.82, 2.24) is 5.32 Å². The van der Waals surface area contributed by atoms with Crippen molar-refractivity contribution < 1.29 is 9.47 Å². The Morgan fingerprint density at radius 2 is 1.76 bits per heavy atom. The van der Waals surface area contributed by atoms with Gasteiger partial charge in [-0.25, -0.2) is 0 Å². The van der Waals surface area contributed by atoms with Gasteiger partial charge >= 0.3 is 0 Å². The molecule has 2 fully saturated rings. The second-order valence-electron chi connectivity index (χ2n) is 5.33. The Hall–Kier alpha value is -0.120. The highest BCUT2D eigenvalue weighted by Gasteiger charge is 2.14. The predicted molar refractivity (Wildman–Crippen MR) is 69.3 cm³/mol. The van der Waals surface area contributed by atoms with E-state index in [1.165, 1.54) is 44.9 Å². The summed E-state index contributed by atoms with van der Waals surface area (Å²) in [5, 5.41) is 3.60. The van der Waals surface area contributed by atoms with Crippen molar-refractivity contribution in [3.63, 3.8) is 0 Å². The van der Waals surface area contributed by atoms with Crippen molar-refractivity contribution >= 4 is 0 Å². The van der Waals surface area contributed by atoms with Crippen LogP contribution in [0.3, 0.4) is 0 Å². The largest absolute Gasteiger partial charge is 0.381 e. The van der Waals surface area contributed by atoms with Crippen LogP contribution in [0.4, 0.5) is 0 Å². The van der Waals surface area contributed by atoms with Crippen molar-refractivity contribution in [3.05, 3.63) is 0 Å². The zero-order valence-corrected chi connectivity index (χ0v) is 11.0. The van der Waals surface area contributed by atoms with Gasteiger partial charge in [0.25, 0.3) is 0 Å². The van der Waals surface area contributed by atoms with Gasteiger partial charge < -0.3 is 14.8 Å². The second-order valence-corrected chi connectivity index (χ2v) is 5.33. The van der Waals surface area contributed by atoms with Gasteiger partial charge in [0, 0.05) is 25.9 Å². The molecule has 3 heteroatoms. The molecule has 0 aromatic heterocycles. The Morgan fingerprint density at radius 3 is 2.53 bits per heavy atom. The fourth-order valence-corrected chi connectivity index (χ4v) is 2.76. The van der Waals surface area contributed by atoms with Crippen molar-refractivity contribution in [3.8, 4) is 0 Å². The zero-order chi connectivity index (χ0) is 11.8. The molecule has 1 heterocycles. The van der Waals surface area contributed by atoms with Crippen LogP contribution in [0.15, 0.2) is 0 Å². The summed E-state index contributed by atoms with van der Waals surface area (Å²) in [5.74, 6) is 0. The minimum atomic E-state index is 0.562. The average Bonchev–Trinajstić information content (AvgIpc) is 2.41. The van der Waals surface area contributed by atoms with E-state index in [1.807, 2.05) is 0 Å². The molecular weight excluding hydrogens is 214 g/mol. The summed E-state index contributed by atoms with van der Waals surface area (Å²) in [6, 6.07) is 0.679. The van der Waals surface area contributed by atoms with Gasteiger partial charge in [-0.15, -0.1) is 0 Å². The fourth-order valence-electron chi connectivity index (χ4n) is 2.76. The molecule has 0 unspecified atom stereocenters. The van der Waals surface area contributed by atoms with Crippen LogP contribution in [0.5, 0.6) is 0 Å². The lowest BCUT2D eigenvalue weighted by Gasteiger charge is -2.24. The number of hydrogen-bond acceptors (Lipinski definition) is 3. The number of hydrogen-bond donors (Lipinski definition) is 1. The summed E-state index contributed by atoms with van der Waals surface area (Å²) >= 11 is 0. The maximum absolute atomic E-state index is 5.91. The molecule has 0 spiro atoms. The summed E-state index contributed by atoms with van der Waals surface area (Å²) in [6.07, 6.45) is 10.8. The third kappa shape index (κ3) is 5.36. The molecule has 17 heavy (non-hydrogen) atoms. The quantitative estimate of drug-likeness (QED) is 0.725. The lowest BCUT2D eigenvalue weighted by atomic mass is 9.98.